The Kier molecular flexibility index (Phi) is 8.31. The van der Waals surface area contributed by atoms with Crippen LogP contribution >= 0.6 is 11.6 Å². The van der Waals surface area contributed by atoms with Crippen molar-refractivity contribution in [3.05, 3.63) is 28.8 Å². The molecule has 3 nitrogen and oxygen atoms in total. The zero-order valence-electron chi connectivity index (χ0n) is 12.5. The van der Waals surface area contributed by atoms with Crippen LogP contribution in [-0.2, 0) is 4.79 Å². The lowest BCUT2D eigenvalue weighted by Crippen LogP contribution is -2.29. The Bertz CT molecular complexity index is 421. The Morgan fingerprint density at radius 3 is 2.70 bits per heavy atom. The number of halogens is 1. The largest absolute Gasteiger partial charge is 0.325 e. The minimum Gasteiger partial charge on any atom is -0.325 e. The molecule has 0 spiro atoms. The van der Waals surface area contributed by atoms with Gasteiger partial charge in [-0.15, -0.1) is 0 Å². The van der Waals surface area contributed by atoms with E-state index in [1.165, 1.54) is 25.7 Å². The molecule has 0 atom stereocenters. The fourth-order valence-corrected chi connectivity index (χ4v) is 2.15. The van der Waals surface area contributed by atoms with Gasteiger partial charge in [-0.25, -0.2) is 0 Å². The summed E-state index contributed by atoms with van der Waals surface area (Å²) in [6.45, 7) is 5.40. The molecule has 0 aliphatic rings. The van der Waals surface area contributed by atoms with Crippen molar-refractivity contribution < 1.29 is 4.79 Å². The van der Waals surface area contributed by atoms with Gasteiger partial charge in [-0.1, -0.05) is 50.3 Å². The van der Waals surface area contributed by atoms with E-state index in [4.69, 9.17) is 11.6 Å². The van der Waals surface area contributed by atoms with E-state index >= 15 is 0 Å². The third kappa shape index (κ3) is 6.92. The Hall–Kier alpha value is -1.06. The lowest BCUT2D eigenvalue weighted by atomic mass is 10.1. The van der Waals surface area contributed by atoms with Crippen molar-refractivity contribution in [2.75, 3.05) is 18.4 Å². The predicted molar refractivity (Wildman–Crippen MR) is 86.4 cm³/mol. The number of amides is 1. The Balaban J connectivity index is 2.19. The molecule has 0 aliphatic carbocycles. The standard InChI is InChI=1S/C16H25ClN2O/c1-3-4-5-6-7-10-18-12-16(20)19-15-11-14(17)9-8-13(15)2/h8-9,11,18H,3-7,10,12H2,1-2H3,(H,19,20). The molecular formula is C16H25ClN2O. The number of benzene rings is 1. The molecule has 2 N–H and O–H groups in total. The van der Waals surface area contributed by atoms with Gasteiger partial charge in [0.1, 0.15) is 0 Å². The number of rotatable bonds is 9. The summed E-state index contributed by atoms with van der Waals surface area (Å²) >= 11 is 5.92. The van der Waals surface area contributed by atoms with Crippen LogP contribution in [0.3, 0.4) is 0 Å². The molecule has 0 aliphatic heterocycles. The van der Waals surface area contributed by atoms with Crippen LogP contribution < -0.4 is 10.6 Å². The fraction of sp³-hybridized carbons (Fsp3) is 0.562. The summed E-state index contributed by atoms with van der Waals surface area (Å²) in [5.41, 5.74) is 1.80. The van der Waals surface area contributed by atoms with E-state index in [1.54, 1.807) is 6.07 Å². The molecule has 0 heterocycles. The summed E-state index contributed by atoms with van der Waals surface area (Å²) in [5, 5.41) is 6.68. The molecule has 112 valence electrons. The molecule has 4 heteroatoms. The smallest absolute Gasteiger partial charge is 0.238 e. The van der Waals surface area contributed by atoms with E-state index in [9.17, 15) is 4.79 Å². The van der Waals surface area contributed by atoms with E-state index in [2.05, 4.69) is 17.6 Å². The molecule has 1 aromatic carbocycles. The van der Waals surface area contributed by atoms with Gasteiger partial charge in [-0.3, -0.25) is 4.79 Å². The molecule has 0 saturated carbocycles. The van der Waals surface area contributed by atoms with Crippen LogP contribution in [0.5, 0.6) is 0 Å². The van der Waals surface area contributed by atoms with Crippen LogP contribution in [0.2, 0.25) is 5.02 Å². The summed E-state index contributed by atoms with van der Waals surface area (Å²) < 4.78 is 0. The molecular weight excluding hydrogens is 272 g/mol. The summed E-state index contributed by atoms with van der Waals surface area (Å²) in [5.74, 6) is -0.0241. The minimum atomic E-state index is -0.0241. The number of unbranched alkanes of at least 4 members (excludes halogenated alkanes) is 4. The van der Waals surface area contributed by atoms with E-state index in [-0.39, 0.29) is 5.91 Å². The number of hydrogen-bond donors (Lipinski definition) is 2. The Labute approximate surface area is 127 Å². The van der Waals surface area contributed by atoms with Crippen molar-refractivity contribution in [2.24, 2.45) is 0 Å². The van der Waals surface area contributed by atoms with E-state index < -0.39 is 0 Å². The first-order valence-electron chi connectivity index (χ1n) is 7.40. The number of nitrogens with one attached hydrogen (secondary N) is 2. The van der Waals surface area contributed by atoms with Crippen LogP contribution in [0.25, 0.3) is 0 Å². The summed E-state index contributed by atoms with van der Waals surface area (Å²) in [6.07, 6.45) is 6.20. The second kappa shape index (κ2) is 9.78. The first-order chi connectivity index (χ1) is 9.63. The van der Waals surface area contributed by atoms with Gasteiger partial charge in [0.25, 0.3) is 0 Å². The molecule has 0 unspecified atom stereocenters. The highest BCUT2D eigenvalue weighted by Crippen LogP contribution is 2.19. The van der Waals surface area contributed by atoms with Gasteiger partial charge in [0.05, 0.1) is 6.54 Å². The quantitative estimate of drug-likeness (QED) is 0.672. The maximum absolute atomic E-state index is 11.8. The van der Waals surface area contributed by atoms with Gasteiger partial charge in [0.2, 0.25) is 5.91 Å². The highest BCUT2D eigenvalue weighted by atomic mass is 35.5. The molecule has 1 rings (SSSR count). The number of aryl methyl sites for hydroxylation is 1. The van der Waals surface area contributed by atoms with Gasteiger partial charge < -0.3 is 10.6 Å². The first-order valence-corrected chi connectivity index (χ1v) is 7.78. The fourth-order valence-electron chi connectivity index (χ4n) is 1.98. The van der Waals surface area contributed by atoms with Crippen LogP contribution in [0.1, 0.15) is 44.6 Å². The molecule has 1 aromatic rings. The normalized spacial score (nSPS) is 10.6. The van der Waals surface area contributed by atoms with E-state index in [0.29, 0.717) is 11.6 Å². The average Bonchev–Trinajstić information content (AvgIpc) is 2.42. The highest BCUT2D eigenvalue weighted by molar-refractivity contribution is 6.31. The van der Waals surface area contributed by atoms with Crippen molar-refractivity contribution in [2.45, 2.75) is 46.0 Å². The van der Waals surface area contributed by atoms with Crippen molar-refractivity contribution >= 4 is 23.2 Å². The third-order valence-electron chi connectivity index (χ3n) is 3.22. The number of carbonyl (C=O) groups excluding carboxylic acids is 1. The topological polar surface area (TPSA) is 41.1 Å². The average molecular weight is 297 g/mol. The van der Waals surface area contributed by atoms with Crippen molar-refractivity contribution in [3.63, 3.8) is 0 Å². The van der Waals surface area contributed by atoms with Gasteiger partial charge in [0, 0.05) is 10.7 Å². The molecule has 1 amide bonds. The number of hydrogen-bond acceptors (Lipinski definition) is 2. The zero-order chi connectivity index (χ0) is 14.8. The van der Waals surface area contributed by atoms with Gasteiger partial charge in [-0.2, -0.15) is 0 Å². The first kappa shape index (κ1) is 17.0. The van der Waals surface area contributed by atoms with E-state index in [0.717, 1.165) is 24.2 Å². The maximum Gasteiger partial charge on any atom is 0.238 e. The maximum atomic E-state index is 11.8. The Morgan fingerprint density at radius 1 is 1.20 bits per heavy atom. The van der Waals surface area contributed by atoms with Gasteiger partial charge in [-0.05, 0) is 37.6 Å². The van der Waals surface area contributed by atoms with Crippen LogP contribution in [0.15, 0.2) is 18.2 Å². The zero-order valence-corrected chi connectivity index (χ0v) is 13.2. The van der Waals surface area contributed by atoms with E-state index in [1.807, 2.05) is 19.1 Å². The molecule has 20 heavy (non-hydrogen) atoms. The van der Waals surface area contributed by atoms with Crippen molar-refractivity contribution in [3.8, 4) is 0 Å². The Morgan fingerprint density at radius 2 is 1.95 bits per heavy atom. The molecule has 0 bridgehead atoms. The number of anilines is 1. The summed E-state index contributed by atoms with van der Waals surface area (Å²) in [6, 6.07) is 5.50. The monoisotopic (exact) mass is 296 g/mol. The molecule has 0 saturated heterocycles. The van der Waals surface area contributed by atoms with Gasteiger partial charge in [0.15, 0.2) is 0 Å². The van der Waals surface area contributed by atoms with Gasteiger partial charge >= 0.3 is 0 Å². The summed E-state index contributed by atoms with van der Waals surface area (Å²) in [7, 11) is 0. The lowest BCUT2D eigenvalue weighted by Gasteiger charge is -2.09. The van der Waals surface area contributed by atoms with Crippen LogP contribution in [0.4, 0.5) is 5.69 Å². The second-order valence-corrected chi connectivity index (χ2v) is 5.53. The van der Waals surface area contributed by atoms with Crippen LogP contribution in [0, 0.1) is 6.92 Å². The SMILES string of the molecule is CCCCCCCNCC(=O)Nc1cc(Cl)ccc1C. The lowest BCUT2D eigenvalue weighted by molar-refractivity contribution is -0.115. The van der Waals surface area contributed by atoms with Crippen LogP contribution in [-0.4, -0.2) is 19.0 Å². The highest BCUT2D eigenvalue weighted by Gasteiger charge is 2.04. The molecule has 0 aromatic heterocycles. The molecule has 0 fully saturated rings. The summed E-state index contributed by atoms with van der Waals surface area (Å²) in [4.78, 5) is 11.8. The minimum absolute atomic E-state index is 0.0241. The second-order valence-electron chi connectivity index (χ2n) is 5.10. The van der Waals surface area contributed by atoms with Crippen molar-refractivity contribution in [1.29, 1.82) is 0 Å². The molecule has 0 radical (unpaired) electrons. The van der Waals surface area contributed by atoms with Crippen molar-refractivity contribution in [1.82, 2.24) is 5.32 Å². The number of carbonyl (C=O) groups is 1. The third-order valence-corrected chi connectivity index (χ3v) is 3.45. The predicted octanol–water partition coefficient (Wildman–Crippen LogP) is 4.15.